The normalized spacial score (nSPS) is 26.0. The Morgan fingerprint density at radius 3 is 2.65 bits per heavy atom. The number of aromatic nitrogens is 2. The molecule has 0 spiro atoms. The number of hydrogen-bond donors (Lipinski definition) is 1. The molecule has 2 saturated heterocycles. The van der Waals surface area contributed by atoms with E-state index in [1.165, 1.54) is 5.57 Å². The van der Waals surface area contributed by atoms with E-state index < -0.39 is 9.84 Å². The van der Waals surface area contributed by atoms with Crippen LogP contribution in [0.3, 0.4) is 0 Å². The highest BCUT2D eigenvalue weighted by atomic mass is 32.2. The fourth-order valence-corrected chi connectivity index (χ4v) is 6.04. The quantitative estimate of drug-likeness (QED) is 0.733. The molecule has 2 unspecified atom stereocenters. The zero-order valence-electron chi connectivity index (χ0n) is 16.2. The van der Waals surface area contributed by atoms with Crippen LogP contribution < -0.4 is 0 Å². The first-order valence-corrected chi connectivity index (χ1v) is 11.5. The summed E-state index contributed by atoms with van der Waals surface area (Å²) in [6.07, 6.45) is 7.39. The molecule has 3 rings (SSSR count). The number of aryl methyl sites for hydroxylation is 1. The van der Waals surface area contributed by atoms with Crippen LogP contribution in [0.5, 0.6) is 0 Å². The van der Waals surface area contributed by atoms with Gasteiger partial charge >= 0.3 is 0 Å². The van der Waals surface area contributed by atoms with Crippen molar-refractivity contribution in [3.63, 3.8) is 0 Å². The van der Waals surface area contributed by atoms with Crippen LogP contribution in [-0.4, -0.2) is 71.4 Å². The van der Waals surface area contributed by atoms with Gasteiger partial charge in [-0.1, -0.05) is 25.0 Å². The van der Waals surface area contributed by atoms with Crippen molar-refractivity contribution >= 4 is 9.84 Å². The lowest BCUT2D eigenvalue weighted by Crippen LogP contribution is -2.58. The predicted octanol–water partition coefficient (Wildman–Crippen LogP) is 2.00. The van der Waals surface area contributed by atoms with E-state index in [0.717, 1.165) is 57.0 Å². The highest BCUT2D eigenvalue weighted by molar-refractivity contribution is 7.91. The molecule has 7 heteroatoms. The van der Waals surface area contributed by atoms with Crippen molar-refractivity contribution in [1.29, 1.82) is 0 Å². The van der Waals surface area contributed by atoms with Crippen LogP contribution in [0.4, 0.5) is 0 Å². The Morgan fingerprint density at radius 2 is 1.96 bits per heavy atom. The summed E-state index contributed by atoms with van der Waals surface area (Å²) >= 11 is 0. The summed E-state index contributed by atoms with van der Waals surface area (Å²) in [4.78, 5) is 12.6. The first kappa shape index (κ1) is 19.6. The Balaban J connectivity index is 1.69. The Labute approximate surface area is 157 Å². The summed E-state index contributed by atoms with van der Waals surface area (Å²) in [7, 11) is -2.96. The van der Waals surface area contributed by atoms with Crippen molar-refractivity contribution in [3.8, 4) is 0 Å². The molecule has 2 aliphatic heterocycles. The third-order valence-electron chi connectivity index (χ3n) is 5.46. The number of sulfone groups is 1. The number of nitrogens with one attached hydrogen (secondary N) is 1. The predicted molar refractivity (Wildman–Crippen MR) is 105 cm³/mol. The molecule has 0 aromatic carbocycles. The molecule has 2 aliphatic rings. The molecule has 1 N–H and O–H groups in total. The lowest BCUT2D eigenvalue weighted by atomic mass is 10.0. The average molecular weight is 381 g/mol. The van der Waals surface area contributed by atoms with Crippen LogP contribution in [0.25, 0.3) is 0 Å². The molecule has 0 amide bonds. The van der Waals surface area contributed by atoms with Gasteiger partial charge in [0.05, 0.1) is 11.5 Å². The number of hydrogen-bond acceptors (Lipinski definition) is 5. The minimum atomic E-state index is -2.96. The van der Waals surface area contributed by atoms with Crippen LogP contribution in [-0.2, 0) is 22.8 Å². The van der Waals surface area contributed by atoms with Crippen LogP contribution in [0.15, 0.2) is 17.8 Å². The second-order valence-corrected chi connectivity index (χ2v) is 10.1. The monoisotopic (exact) mass is 380 g/mol. The molecule has 1 aromatic heterocycles. The number of fused-ring (bicyclic) bond motifs is 1. The van der Waals surface area contributed by atoms with E-state index in [9.17, 15) is 8.42 Å². The molecule has 2 fully saturated rings. The highest BCUT2D eigenvalue weighted by Gasteiger charge is 2.46. The molecule has 0 bridgehead atoms. The first-order chi connectivity index (χ1) is 12.4. The number of aromatic amines is 1. The molecule has 146 valence electrons. The molecular weight excluding hydrogens is 348 g/mol. The number of unbranched alkanes of at least 4 members (excludes halogenated alkanes) is 1. The van der Waals surface area contributed by atoms with Gasteiger partial charge in [0, 0.05) is 56.6 Å². The van der Waals surface area contributed by atoms with Crippen molar-refractivity contribution < 1.29 is 8.42 Å². The van der Waals surface area contributed by atoms with Crippen LogP contribution in [0.1, 0.15) is 45.1 Å². The van der Waals surface area contributed by atoms with E-state index in [1.807, 2.05) is 6.20 Å². The van der Waals surface area contributed by atoms with Crippen LogP contribution in [0.2, 0.25) is 0 Å². The van der Waals surface area contributed by atoms with Crippen molar-refractivity contribution in [2.75, 3.05) is 31.1 Å². The van der Waals surface area contributed by atoms with E-state index >= 15 is 0 Å². The van der Waals surface area contributed by atoms with E-state index in [1.54, 1.807) is 0 Å². The number of H-pyrrole nitrogens is 1. The molecule has 1 aromatic rings. The minimum absolute atomic E-state index is 0.0849. The van der Waals surface area contributed by atoms with Crippen LogP contribution >= 0.6 is 0 Å². The summed E-state index contributed by atoms with van der Waals surface area (Å²) in [6.45, 7) is 9.78. The Hall–Kier alpha value is -1.18. The average Bonchev–Trinajstić information content (AvgIpc) is 3.15. The number of piperazine rings is 1. The zero-order chi connectivity index (χ0) is 18.7. The maximum Gasteiger partial charge on any atom is 0.153 e. The second kappa shape index (κ2) is 8.23. The van der Waals surface area contributed by atoms with Gasteiger partial charge in [0.25, 0.3) is 0 Å². The maximum atomic E-state index is 12.3. The molecule has 26 heavy (non-hydrogen) atoms. The maximum absolute atomic E-state index is 12.3. The second-order valence-electron chi connectivity index (χ2n) is 7.92. The smallest absolute Gasteiger partial charge is 0.153 e. The number of rotatable bonds is 7. The van der Waals surface area contributed by atoms with E-state index in [-0.39, 0.29) is 23.6 Å². The molecule has 6 nitrogen and oxygen atoms in total. The molecule has 0 radical (unpaired) electrons. The SMILES string of the molecule is CCCCc1ncc(CN2CCN(CC=C(C)C)C3CS(=O)(=O)CC32)[nH]1. The molecule has 0 aliphatic carbocycles. The third-order valence-corrected chi connectivity index (χ3v) is 7.16. The largest absolute Gasteiger partial charge is 0.345 e. The summed E-state index contributed by atoms with van der Waals surface area (Å²) in [6, 6.07) is 0.188. The van der Waals surface area contributed by atoms with E-state index in [4.69, 9.17) is 0 Å². The van der Waals surface area contributed by atoms with Crippen molar-refractivity contribution in [1.82, 2.24) is 19.8 Å². The van der Waals surface area contributed by atoms with Gasteiger partial charge in [-0.2, -0.15) is 0 Å². The van der Waals surface area contributed by atoms with Crippen LogP contribution in [0, 0.1) is 0 Å². The molecular formula is C19H32N4O2S. The zero-order valence-corrected chi connectivity index (χ0v) is 17.1. The van der Waals surface area contributed by atoms with Gasteiger partial charge in [-0.05, 0) is 20.3 Å². The highest BCUT2D eigenvalue weighted by Crippen LogP contribution is 2.28. The number of imidazole rings is 1. The summed E-state index contributed by atoms with van der Waals surface area (Å²) in [5, 5.41) is 0. The first-order valence-electron chi connectivity index (χ1n) is 9.72. The third kappa shape index (κ3) is 4.75. The fraction of sp³-hybridized carbons (Fsp3) is 0.737. The van der Waals surface area contributed by atoms with Gasteiger partial charge < -0.3 is 4.98 Å². The van der Waals surface area contributed by atoms with E-state index in [2.05, 4.69) is 46.6 Å². The van der Waals surface area contributed by atoms with Gasteiger partial charge in [0.1, 0.15) is 5.82 Å². The Morgan fingerprint density at radius 1 is 1.27 bits per heavy atom. The summed E-state index contributed by atoms with van der Waals surface area (Å²) in [5.74, 6) is 1.61. The van der Waals surface area contributed by atoms with Gasteiger partial charge in [0.15, 0.2) is 9.84 Å². The van der Waals surface area contributed by atoms with Gasteiger partial charge in [-0.3, -0.25) is 9.80 Å². The van der Waals surface area contributed by atoms with Gasteiger partial charge in [-0.15, -0.1) is 0 Å². The Bertz CT molecular complexity index is 736. The summed E-state index contributed by atoms with van der Waals surface area (Å²) in [5.41, 5.74) is 2.37. The van der Waals surface area contributed by atoms with Gasteiger partial charge in [0.2, 0.25) is 0 Å². The fourth-order valence-electron chi connectivity index (χ4n) is 4.00. The lowest BCUT2D eigenvalue weighted by molar-refractivity contribution is 0.0470. The summed E-state index contributed by atoms with van der Waals surface area (Å²) < 4.78 is 24.6. The van der Waals surface area contributed by atoms with Gasteiger partial charge in [-0.25, -0.2) is 13.4 Å². The topological polar surface area (TPSA) is 69.3 Å². The van der Waals surface area contributed by atoms with E-state index in [0.29, 0.717) is 0 Å². The number of allylic oxidation sites excluding steroid dienone is 1. The molecule has 3 heterocycles. The minimum Gasteiger partial charge on any atom is -0.345 e. The van der Waals surface area contributed by atoms with Crippen molar-refractivity contribution in [3.05, 3.63) is 29.4 Å². The van der Waals surface area contributed by atoms with Crippen molar-refractivity contribution in [2.24, 2.45) is 0 Å². The lowest BCUT2D eigenvalue weighted by Gasteiger charge is -2.43. The molecule has 0 saturated carbocycles. The molecule has 2 atom stereocenters. The Kier molecular flexibility index (Phi) is 6.20. The standard InChI is InChI=1S/C19H32N4O2S/c1-4-5-6-19-20-11-16(21-19)12-23-10-9-22(8-7-15(2)3)17-13-26(24,25)14-18(17)23/h7,11,17-18H,4-6,8-10,12-14H2,1-3H3,(H,20,21). The number of nitrogens with zero attached hydrogens (tertiary/aromatic N) is 3. The van der Waals surface area contributed by atoms with Crippen molar-refractivity contribution in [2.45, 2.75) is 58.7 Å².